The first-order chi connectivity index (χ1) is 9.70. The fraction of sp³-hybridized carbons (Fsp3) is 0.562. The standard InChI is InChI=1S/C16H20N2O2/c1-17-15(14-10-4-3-5-11(10)14)9-6-7-12-13(8-9)20-16(19)18(12)2/h6-8,10-11,14-15,17H,3-5H2,1-2H3. The Morgan fingerprint density at radius 3 is 2.80 bits per heavy atom. The number of benzene rings is 1. The number of fused-ring (bicyclic) bond motifs is 2. The van der Waals surface area contributed by atoms with Gasteiger partial charge in [-0.1, -0.05) is 12.5 Å². The fourth-order valence-electron chi connectivity index (χ4n) is 4.30. The van der Waals surface area contributed by atoms with Gasteiger partial charge < -0.3 is 9.73 Å². The average Bonchev–Trinajstić information content (AvgIpc) is 2.82. The normalized spacial score (nSPS) is 29.6. The Hall–Kier alpha value is -1.55. The number of hydrogen-bond donors (Lipinski definition) is 1. The molecule has 1 aromatic carbocycles. The highest BCUT2D eigenvalue weighted by molar-refractivity contribution is 5.73. The second-order valence-corrected chi connectivity index (χ2v) is 6.26. The van der Waals surface area contributed by atoms with Crippen LogP contribution in [0.15, 0.2) is 27.4 Å². The molecular formula is C16H20N2O2. The molecule has 0 radical (unpaired) electrons. The molecule has 1 heterocycles. The summed E-state index contributed by atoms with van der Waals surface area (Å²) in [7, 11) is 3.78. The molecule has 0 spiro atoms. The Kier molecular flexibility index (Phi) is 2.58. The van der Waals surface area contributed by atoms with E-state index in [2.05, 4.69) is 11.4 Å². The van der Waals surface area contributed by atoms with E-state index in [1.807, 2.05) is 19.2 Å². The van der Waals surface area contributed by atoms with Crippen LogP contribution in [-0.4, -0.2) is 11.6 Å². The molecule has 0 saturated heterocycles. The van der Waals surface area contributed by atoms with Gasteiger partial charge in [0.15, 0.2) is 5.58 Å². The average molecular weight is 272 g/mol. The predicted octanol–water partition coefficient (Wildman–Crippen LogP) is 2.44. The minimum Gasteiger partial charge on any atom is -0.408 e. The van der Waals surface area contributed by atoms with Crippen molar-refractivity contribution < 1.29 is 4.42 Å². The Bertz CT molecular complexity index is 705. The first-order valence-corrected chi connectivity index (χ1v) is 7.47. The quantitative estimate of drug-likeness (QED) is 0.933. The maximum Gasteiger partial charge on any atom is 0.419 e. The Morgan fingerprint density at radius 1 is 1.35 bits per heavy atom. The monoisotopic (exact) mass is 272 g/mol. The van der Waals surface area contributed by atoms with Gasteiger partial charge in [0.2, 0.25) is 0 Å². The summed E-state index contributed by atoms with van der Waals surface area (Å²) >= 11 is 0. The van der Waals surface area contributed by atoms with Gasteiger partial charge in [0.1, 0.15) is 0 Å². The van der Waals surface area contributed by atoms with Crippen LogP contribution in [0.2, 0.25) is 0 Å². The van der Waals surface area contributed by atoms with Crippen molar-refractivity contribution in [3.8, 4) is 0 Å². The highest BCUT2D eigenvalue weighted by Gasteiger charge is 2.55. The Morgan fingerprint density at radius 2 is 2.10 bits per heavy atom. The zero-order valence-corrected chi connectivity index (χ0v) is 11.9. The summed E-state index contributed by atoms with van der Waals surface area (Å²) in [5, 5.41) is 3.47. The molecule has 2 aromatic rings. The third kappa shape index (κ3) is 1.61. The van der Waals surface area contributed by atoms with Gasteiger partial charge in [-0.05, 0) is 55.3 Å². The van der Waals surface area contributed by atoms with Gasteiger partial charge in [0.25, 0.3) is 0 Å². The van der Waals surface area contributed by atoms with Crippen LogP contribution in [0.3, 0.4) is 0 Å². The minimum absolute atomic E-state index is 0.290. The molecule has 3 unspecified atom stereocenters. The molecule has 2 saturated carbocycles. The Labute approximate surface area is 117 Å². The molecule has 1 N–H and O–H groups in total. The Balaban J connectivity index is 1.71. The molecule has 0 amide bonds. The van der Waals surface area contributed by atoms with E-state index in [1.54, 1.807) is 11.6 Å². The summed E-state index contributed by atoms with van der Waals surface area (Å²) in [6, 6.07) is 6.55. The van der Waals surface area contributed by atoms with Gasteiger partial charge in [-0.15, -0.1) is 0 Å². The lowest BCUT2D eigenvalue weighted by molar-refractivity contribution is 0.444. The van der Waals surface area contributed by atoms with Crippen molar-refractivity contribution >= 4 is 11.1 Å². The van der Waals surface area contributed by atoms with E-state index in [0.29, 0.717) is 11.6 Å². The first kappa shape index (κ1) is 12.2. The van der Waals surface area contributed by atoms with Crippen LogP contribution < -0.4 is 11.1 Å². The number of rotatable bonds is 3. The number of nitrogens with one attached hydrogen (secondary N) is 1. The molecule has 4 nitrogen and oxygen atoms in total. The van der Waals surface area contributed by atoms with E-state index in [1.165, 1.54) is 24.8 Å². The molecule has 0 bridgehead atoms. The van der Waals surface area contributed by atoms with E-state index < -0.39 is 0 Å². The largest absolute Gasteiger partial charge is 0.419 e. The number of aromatic nitrogens is 1. The van der Waals surface area contributed by atoms with E-state index in [9.17, 15) is 4.79 Å². The van der Waals surface area contributed by atoms with Gasteiger partial charge in [-0.2, -0.15) is 0 Å². The van der Waals surface area contributed by atoms with Crippen LogP contribution in [0.5, 0.6) is 0 Å². The van der Waals surface area contributed by atoms with Crippen molar-refractivity contribution in [1.82, 2.24) is 9.88 Å². The van der Waals surface area contributed by atoms with Gasteiger partial charge >= 0.3 is 5.76 Å². The van der Waals surface area contributed by atoms with Crippen LogP contribution in [0.25, 0.3) is 11.1 Å². The van der Waals surface area contributed by atoms with Crippen LogP contribution in [0.4, 0.5) is 0 Å². The third-order valence-electron chi connectivity index (χ3n) is 5.34. The molecule has 4 heteroatoms. The second-order valence-electron chi connectivity index (χ2n) is 6.26. The van der Waals surface area contributed by atoms with E-state index >= 15 is 0 Å². The molecule has 2 aliphatic carbocycles. The lowest BCUT2D eigenvalue weighted by Gasteiger charge is -2.18. The zero-order valence-electron chi connectivity index (χ0n) is 11.9. The topological polar surface area (TPSA) is 47.2 Å². The minimum atomic E-state index is -0.290. The van der Waals surface area contributed by atoms with Crippen molar-refractivity contribution in [1.29, 1.82) is 0 Å². The molecule has 106 valence electrons. The summed E-state index contributed by atoms with van der Waals surface area (Å²) in [5.41, 5.74) is 2.81. The van der Waals surface area contributed by atoms with Crippen molar-refractivity contribution in [2.75, 3.05) is 7.05 Å². The fourth-order valence-corrected chi connectivity index (χ4v) is 4.30. The maximum atomic E-state index is 11.6. The van der Waals surface area contributed by atoms with Crippen molar-refractivity contribution in [2.45, 2.75) is 25.3 Å². The smallest absolute Gasteiger partial charge is 0.408 e. The van der Waals surface area contributed by atoms with Crippen molar-refractivity contribution in [2.24, 2.45) is 24.8 Å². The summed E-state index contributed by atoms with van der Waals surface area (Å²) in [4.78, 5) is 11.6. The molecule has 0 aliphatic heterocycles. The lowest BCUT2D eigenvalue weighted by atomic mass is 9.97. The third-order valence-corrected chi connectivity index (χ3v) is 5.34. The summed E-state index contributed by atoms with van der Waals surface area (Å²) in [6.07, 6.45) is 4.17. The number of aryl methyl sites for hydroxylation is 1. The van der Waals surface area contributed by atoms with E-state index in [0.717, 1.165) is 23.3 Å². The number of oxazole rings is 1. The zero-order chi connectivity index (χ0) is 13.9. The summed E-state index contributed by atoms with van der Waals surface area (Å²) in [6.45, 7) is 0. The molecule has 3 atom stereocenters. The molecule has 20 heavy (non-hydrogen) atoms. The first-order valence-electron chi connectivity index (χ1n) is 7.47. The van der Waals surface area contributed by atoms with Gasteiger partial charge in [0, 0.05) is 13.1 Å². The lowest BCUT2D eigenvalue weighted by Crippen LogP contribution is -2.20. The number of nitrogens with zero attached hydrogens (tertiary/aromatic N) is 1. The van der Waals surface area contributed by atoms with Gasteiger partial charge in [0.05, 0.1) is 5.52 Å². The van der Waals surface area contributed by atoms with E-state index in [-0.39, 0.29) is 5.76 Å². The molecule has 2 aliphatic rings. The van der Waals surface area contributed by atoms with E-state index in [4.69, 9.17) is 4.42 Å². The van der Waals surface area contributed by atoms with Gasteiger partial charge in [-0.25, -0.2) is 4.79 Å². The summed E-state index contributed by atoms with van der Waals surface area (Å²) < 4.78 is 6.86. The van der Waals surface area contributed by atoms with Crippen molar-refractivity contribution in [3.05, 3.63) is 34.3 Å². The SMILES string of the molecule is CNC(c1ccc2c(c1)oc(=O)n2C)C1C2CCCC21. The van der Waals surface area contributed by atoms with Gasteiger partial charge in [-0.3, -0.25) is 4.57 Å². The highest BCUT2D eigenvalue weighted by Crippen LogP contribution is 2.62. The number of hydrogen-bond acceptors (Lipinski definition) is 3. The molecular weight excluding hydrogens is 252 g/mol. The predicted molar refractivity (Wildman–Crippen MR) is 77.6 cm³/mol. The molecule has 1 aromatic heterocycles. The molecule has 2 fully saturated rings. The highest BCUT2D eigenvalue weighted by atomic mass is 16.4. The second kappa shape index (κ2) is 4.22. The van der Waals surface area contributed by atoms with Crippen LogP contribution >= 0.6 is 0 Å². The molecule has 4 rings (SSSR count). The van der Waals surface area contributed by atoms with Crippen LogP contribution in [-0.2, 0) is 7.05 Å². The van der Waals surface area contributed by atoms with Crippen molar-refractivity contribution in [3.63, 3.8) is 0 Å². The van der Waals surface area contributed by atoms with Crippen LogP contribution in [0, 0.1) is 17.8 Å². The maximum absolute atomic E-state index is 11.6. The van der Waals surface area contributed by atoms with Crippen LogP contribution in [0.1, 0.15) is 30.9 Å². The summed E-state index contributed by atoms with van der Waals surface area (Å²) in [5.74, 6) is 2.29.